The highest BCUT2D eigenvalue weighted by Gasteiger charge is 2.33. The molecule has 1 fully saturated rings. The van der Waals surface area contributed by atoms with Crippen LogP contribution in [0.5, 0.6) is 11.5 Å². The van der Waals surface area contributed by atoms with Crippen molar-refractivity contribution in [3.8, 4) is 11.5 Å². The van der Waals surface area contributed by atoms with Crippen molar-refractivity contribution in [2.24, 2.45) is 0 Å². The summed E-state index contributed by atoms with van der Waals surface area (Å²) in [5.74, 6) is 0.472. The van der Waals surface area contributed by atoms with Gasteiger partial charge in [0.25, 0.3) is 0 Å². The lowest BCUT2D eigenvalue weighted by molar-refractivity contribution is -0.141. The molecule has 158 valence electrons. The van der Waals surface area contributed by atoms with Crippen LogP contribution in [-0.2, 0) is 9.47 Å². The Kier molecular flexibility index (Phi) is 5.64. The Morgan fingerprint density at radius 3 is 2.77 bits per heavy atom. The standard InChI is InChI=1S/C21H21ClFN3O4/c1-21(2)29-10-13(30-21)9-28-19-7-14-17(8-18(19)27-3)24-11-25-20(14)26-12-4-5-16(23)15(22)6-12/h4-8,11,13H,9-10H2,1-3H3,(H,24,25,26)/t13-/m1/s1. The number of nitrogens with one attached hydrogen (secondary N) is 1. The monoisotopic (exact) mass is 433 g/mol. The summed E-state index contributed by atoms with van der Waals surface area (Å²) in [7, 11) is 1.56. The first-order valence-electron chi connectivity index (χ1n) is 9.34. The molecule has 9 heteroatoms. The summed E-state index contributed by atoms with van der Waals surface area (Å²) < 4.78 is 36.2. The minimum Gasteiger partial charge on any atom is -0.493 e. The van der Waals surface area contributed by atoms with Crippen LogP contribution in [0.25, 0.3) is 10.9 Å². The predicted octanol–water partition coefficient (Wildman–Crippen LogP) is 4.70. The average Bonchev–Trinajstić information content (AvgIpc) is 3.07. The molecule has 0 radical (unpaired) electrons. The van der Waals surface area contributed by atoms with Gasteiger partial charge in [-0.3, -0.25) is 0 Å². The van der Waals surface area contributed by atoms with Crippen LogP contribution in [0.1, 0.15) is 13.8 Å². The first-order chi connectivity index (χ1) is 14.3. The molecule has 4 rings (SSSR count). The summed E-state index contributed by atoms with van der Waals surface area (Å²) in [5.41, 5.74) is 1.25. The van der Waals surface area contributed by atoms with Crippen molar-refractivity contribution in [3.63, 3.8) is 0 Å². The van der Waals surface area contributed by atoms with Gasteiger partial charge in [-0.2, -0.15) is 0 Å². The van der Waals surface area contributed by atoms with E-state index < -0.39 is 11.6 Å². The molecule has 0 spiro atoms. The second-order valence-corrected chi connectivity index (χ2v) is 7.67. The maximum Gasteiger partial charge on any atom is 0.163 e. The number of ether oxygens (including phenoxy) is 4. The van der Waals surface area contributed by atoms with E-state index in [1.165, 1.54) is 18.5 Å². The first kappa shape index (κ1) is 20.6. The Hall–Kier alpha value is -2.68. The zero-order valence-corrected chi connectivity index (χ0v) is 17.5. The number of halogens is 2. The van der Waals surface area contributed by atoms with Gasteiger partial charge in [-0.25, -0.2) is 14.4 Å². The Morgan fingerprint density at radius 1 is 1.23 bits per heavy atom. The van der Waals surface area contributed by atoms with Crippen molar-refractivity contribution in [2.45, 2.75) is 25.7 Å². The summed E-state index contributed by atoms with van der Waals surface area (Å²) in [6.45, 7) is 4.47. The lowest BCUT2D eigenvalue weighted by atomic mass is 10.2. The molecule has 3 aromatic rings. The number of aromatic nitrogens is 2. The molecule has 0 bridgehead atoms. The third kappa shape index (κ3) is 4.40. The van der Waals surface area contributed by atoms with E-state index in [0.29, 0.717) is 47.1 Å². The van der Waals surface area contributed by atoms with Crippen molar-refractivity contribution < 1.29 is 23.3 Å². The number of anilines is 2. The van der Waals surface area contributed by atoms with Gasteiger partial charge in [-0.05, 0) is 38.1 Å². The van der Waals surface area contributed by atoms with Crippen LogP contribution < -0.4 is 14.8 Å². The molecule has 0 saturated carbocycles. The van der Waals surface area contributed by atoms with Crippen molar-refractivity contribution in [1.29, 1.82) is 0 Å². The van der Waals surface area contributed by atoms with Gasteiger partial charge in [0.15, 0.2) is 17.3 Å². The number of hydrogen-bond acceptors (Lipinski definition) is 7. The van der Waals surface area contributed by atoms with Crippen LogP contribution in [0.3, 0.4) is 0 Å². The fourth-order valence-electron chi connectivity index (χ4n) is 3.17. The highest BCUT2D eigenvalue weighted by Crippen LogP contribution is 2.35. The zero-order chi connectivity index (χ0) is 21.3. The van der Waals surface area contributed by atoms with Gasteiger partial charge in [0.2, 0.25) is 0 Å². The highest BCUT2D eigenvalue weighted by atomic mass is 35.5. The van der Waals surface area contributed by atoms with Crippen LogP contribution in [0.4, 0.5) is 15.9 Å². The van der Waals surface area contributed by atoms with E-state index in [1.807, 2.05) is 13.8 Å². The first-order valence-corrected chi connectivity index (χ1v) is 9.72. The highest BCUT2D eigenvalue weighted by molar-refractivity contribution is 6.31. The van der Waals surface area contributed by atoms with Gasteiger partial charge in [0.1, 0.15) is 30.7 Å². The van der Waals surface area contributed by atoms with Crippen LogP contribution >= 0.6 is 11.6 Å². The van der Waals surface area contributed by atoms with Crippen LogP contribution in [0.15, 0.2) is 36.7 Å². The van der Waals surface area contributed by atoms with Gasteiger partial charge in [-0.15, -0.1) is 0 Å². The molecule has 2 aromatic carbocycles. The molecule has 30 heavy (non-hydrogen) atoms. The number of methoxy groups -OCH3 is 1. The van der Waals surface area contributed by atoms with E-state index in [2.05, 4.69) is 15.3 Å². The quantitative estimate of drug-likeness (QED) is 0.603. The minimum atomic E-state index is -0.622. The molecule has 1 aliphatic rings. The Labute approximate surface area is 178 Å². The van der Waals surface area contributed by atoms with E-state index in [1.54, 1.807) is 25.3 Å². The molecular formula is C21H21ClFN3O4. The number of nitrogens with zero attached hydrogens (tertiary/aromatic N) is 2. The average molecular weight is 434 g/mol. The molecule has 0 aliphatic carbocycles. The van der Waals surface area contributed by atoms with Crippen molar-refractivity contribution in [1.82, 2.24) is 9.97 Å². The Morgan fingerprint density at radius 2 is 2.07 bits per heavy atom. The number of hydrogen-bond donors (Lipinski definition) is 1. The molecule has 1 aliphatic heterocycles. The van der Waals surface area contributed by atoms with Gasteiger partial charge in [0, 0.05) is 17.1 Å². The summed E-state index contributed by atoms with van der Waals surface area (Å²) in [6, 6.07) is 7.92. The summed E-state index contributed by atoms with van der Waals surface area (Å²) in [5, 5.41) is 3.87. The minimum absolute atomic E-state index is 0.0192. The maximum atomic E-state index is 13.5. The zero-order valence-electron chi connectivity index (χ0n) is 16.7. The summed E-state index contributed by atoms with van der Waals surface area (Å²) >= 11 is 5.88. The summed E-state index contributed by atoms with van der Waals surface area (Å²) in [4.78, 5) is 8.61. The third-order valence-corrected chi connectivity index (χ3v) is 4.88. The second kappa shape index (κ2) is 8.22. The van der Waals surface area contributed by atoms with E-state index in [4.69, 9.17) is 30.5 Å². The number of fused-ring (bicyclic) bond motifs is 1. The number of rotatable bonds is 6. The van der Waals surface area contributed by atoms with E-state index >= 15 is 0 Å². The van der Waals surface area contributed by atoms with Crippen molar-refractivity contribution in [2.75, 3.05) is 25.6 Å². The Balaban J connectivity index is 1.62. The smallest absolute Gasteiger partial charge is 0.163 e. The van der Waals surface area contributed by atoms with E-state index in [9.17, 15) is 4.39 Å². The largest absolute Gasteiger partial charge is 0.493 e. The molecule has 0 unspecified atom stereocenters. The predicted molar refractivity (Wildman–Crippen MR) is 111 cm³/mol. The van der Waals surface area contributed by atoms with Crippen molar-refractivity contribution >= 4 is 34.0 Å². The van der Waals surface area contributed by atoms with Gasteiger partial charge >= 0.3 is 0 Å². The lowest BCUT2D eigenvalue weighted by Crippen LogP contribution is -2.25. The SMILES string of the molecule is COc1cc2ncnc(Nc3ccc(F)c(Cl)c3)c2cc1OC[C@@H]1COC(C)(C)O1. The molecule has 1 saturated heterocycles. The van der Waals surface area contributed by atoms with Crippen molar-refractivity contribution in [3.05, 3.63) is 47.5 Å². The fourth-order valence-corrected chi connectivity index (χ4v) is 3.36. The molecule has 1 N–H and O–H groups in total. The molecule has 1 atom stereocenters. The molecular weight excluding hydrogens is 413 g/mol. The van der Waals surface area contributed by atoms with E-state index in [0.717, 1.165) is 0 Å². The third-order valence-electron chi connectivity index (χ3n) is 4.60. The van der Waals surface area contributed by atoms with Gasteiger partial charge in [-0.1, -0.05) is 11.6 Å². The van der Waals surface area contributed by atoms with E-state index in [-0.39, 0.29) is 11.1 Å². The van der Waals surface area contributed by atoms with Crippen LogP contribution in [0.2, 0.25) is 5.02 Å². The molecule has 2 heterocycles. The lowest BCUT2D eigenvalue weighted by Gasteiger charge is -2.18. The molecule has 7 nitrogen and oxygen atoms in total. The number of benzene rings is 2. The second-order valence-electron chi connectivity index (χ2n) is 7.26. The molecule has 0 amide bonds. The maximum absolute atomic E-state index is 13.5. The van der Waals surface area contributed by atoms with Crippen LogP contribution in [-0.4, -0.2) is 42.2 Å². The topological polar surface area (TPSA) is 74.7 Å². The van der Waals surface area contributed by atoms with Crippen LogP contribution in [0, 0.1) is 5.82 Å². The van der Waals surface area contributed by atoms with Gasteiger partial charge in [0.05, 0.1) is 24.3 Å². The van der Waals surface area contributed by atoms with Gasteiger partial charge < -0.3 is 24.3 Å². The Bertz CT molecular complexity index is 1080. The summed E-state index contributed by atoms with van der Waals surface area (Å²) in [6.07, 6.45) is 1.24. The normalized spacial score (nSPS) is 17.8. The fraction of sp³-hybridized carbons (Fsp3) is 0.333. The molecule has 1 aromatic heterocycles.